The van der Waals surface area contributed by atoms with Crippen LogP contribution in [0.5, 0.6) is 5.75 Å². The zero-order chi connectivity index (χ0) is 24.2. The molecule has 0 unspecified atom stereocenters. The maximum atomic E-state index is 13.6. The van der Waals surface area contributed by atoms with E-state index in [-0.39, 0.29) is 11.7 Å². The van der Waals surface area contributed by atoms with Gasteiger partial charge in [-0.1, -0.05) is 35.9 Å². The summed E-state index contributed by atoms with van der Waals surface area (Å²) in [5.74, 6) is 0.0214. The molecule has 1 aliphatic heterocycles. The van der Waals surface area contributed by atoms with Gasteiger partial charge in [-0.2, -0.15) is 0 Å². The van der Waals surface area contributed by atoms with E-state index in [9.17, 15) is 14.7 Å². The minimum atomic E-state index is -0.726. The molecule has 0 aromatic heterocycles. The standard InChI is InChI=1S/C25H32ClN3O4/c1-25(2,3)33-24(32)27(4)22(17-18-9-11-19(30)12-10-18)23(31)29-15-13-28(14-16-29)21-8-6-5-7-20(21)26/h5-12,22,30H,13-17H2,1-4H3/t22-/m0/s1. The number of aromatic hydroxyl groups is 1. The monoisotopic (exact) mass is 473 g/mol. The molecule has 7 nitrogen and oxygen atoms in total. The second kappa shape index (κ2) is 10.3. The average Bonchev–Trinajstić information content (AvgIpc) is 2.77. The first-order chi connectivity index (χ1) is 15.5. The topological polar surface area (TPSA) is 73.3 Å². The van der Waals surface area contributed by atoms with Crippen molar-refractivity contribution in [3.8, 4) is 5.75 Å². The minimum Gasteiger partial charge on any atom is -0.508 e. The van der Waals surface area contributed by atoms with Crippen LogP contribution in [0.2, 0.25) is 5.02 Å². The Hall–Kier alpha value is -2.93. The number of phenols is 1. The predicted molar refractivity (Wildman–Crippen MR) is 130 cm³/mol. The van der Waals surface area contributed by atoms with Crippen LogP contribution in [0.3, 0.4) is 0 Å². The van der Waals surface area contributed by atoms with Crippen molar-refractivity contribution in [1.82, 2.24) is 9.80 Å². The molecule has 1 atom stereocenters. The van der Waals surface area contributed by atoms with Gasteiger partial charge in [-0.15, -0.1) is 0 Å². The molecule has 2 amide bonds. The molecule has 0 spiro atoms. The molecule has 33 heavy (non-hydrogen) atoms. The van der Waals surface area contributed by atoms with Crippen molar-refractivity contribution in [2.45, 2.75) is 38.8 Å². The van der Waals surface area contributed by atoms with E-state index in [1.54, 1.807) is 57.0 Å². The SMILES string of the molecule is CN(C(=O)OC(C)(C)C)[C@@H](Cc1ccc(O)cc1)C(=O)N1CCN(c2ccccc2Cl)CC1. The summed E-state index contributed by atoms with van der Waals surface area (Å²) in [6.07, 6.45) is -0.228. The summed E-state index contributed by atoms with van der Waals surface area (Å²) in [7, 11) is 1.59. The average molecular weight is 474 g/mol. The highest BCUT2D eigenvalue weighted by atomic mass is 35.5. The third-order valence-electron chi connectivity index (χ3n) is 5.58. The Bertz CT molecular complexity index is 966. The Morgan fingerprint density at radius 3 is 2.24 bits per heavy atom. The quantitative estimate of drug-likeness (QED) is 0.705. The van der Waals surface area contributed by atoms with Gasteiger partial charge in [0.2, 0.25) is 5.91 Å². The van der Waals surface area contributed by atoms with Crippen molar-refractivity contribution in [3.63, 3.8) is 0 Å². The summed E-state index contributed by atoms with van der Waals surface area (Å²) in [6.45, 7) is 7.74. The molecule has 178 valence electrons. The van der Waals surface area contributed by atoms with Crippen molar-refractivity contribution >= 4 is 29.3 Å². The van der Waals surface area contributed by atoms with Crippen LogP contribution in [0.1, 0.15) is 26.3 Å². The molecule has 1 fully saturated rings. The maximum Gasteiger partial charge on any atom is 0.410 e. The van der Waals surface area contributed by atoms with Gasteiger partial charge in [0.15, 0.2) is 0 Å². The highest BCUT2D eigenvalue weighted by Gasteiger charge is 2.34. The Kier molecular flexibility index (Phi) is 7.74. The molecule has 0 saturated carbocycles. The lowest BCUT2D eigenvalue weighted by Gasteiger charge is -2.39. The van der Waals surface area contributed by atoms with Crippen LogP contribution in [0.25, 0.3) is 0 Å². The first-order valence-corrected chi connectivity index (χ1v) is 11.4. The van der Waals surface area contributed by atoms with Crippen molar-refractivity contribution in [2.75, 3.05) is 38.1 Å². The molecular weight excluding hydrogens is 442 g/mol. The number of carbonyl (C=O) groups is 2. The fourth-order valence-corrected chi connectivity index (χ4v) is 4.05. The van der Waals surface area contributed by atoms with E-state index < -0.39 is 17.7 Å². The second-order valence-electron chi connectivity index (χ2n) is 9.24. The zero-order valence-corrected chi connectivity index (χ0v) is 20.4. The largest absolute Gasteiger partial charge is 0.508 e. The number of phenolic OH excluding ortho intramolecular Hbond substituents is 1. The van der Waals surface area contributed by atoms with Crippen LogP contribution in [-0.4, -0.2) is 71.8 Å². The van der Waals surface area contributed by atoms with Crippen molar-refractivity contribution < 1.29 is 19.4 Å². The number of rotatable bonds is 5. The number of halogens is 1. The fraction of sp³-hybridized carbons (Fsp3) is 0.440. The van der Waals surface area contributed by atoms with Crippen LogP contribution >= 0.6 is 11.6 Å². The van der Waals surface area contributed by atoms with E-state index in [2.05, 4.69) is 4.90 Å². The molecule has 1 saturated heterocycles. The predicted octanol–water partition coefficient (Wildman–Crippen LogP) is 4.17. The molecule has 8 heteroatoms. The third-order valence-corrected chi connectivity index (χ3v) is 5.90. The van der Waals surface area contributed by atoms with Gasteiger partial charge in [0.05, 0.1) is 10.7 Å². The Morgan fingerprint density at radius 2 is 1.67 bits per heavy atom. The number of carbonyl (C=O) groups excluding carboxylic acids is 2. The highest BCUT2D eigenvalue weighted by molar-refractivity contribution is 6.33. The summed E-state index contributed by atoms with van der Waals surface area (Å²) in [5.41, 5.74) is 1.13. The van der Waals surface area contributed by atoms with Crippen molar-refractivity contribution in [3.05, 3.63) is 59.1 Å². The fourth-order valence-electron chi connectivity index (χ4n) is 3.79. The number of hydrogen-bond acceptors (Lipinski definition) is 5. The number of anilines is 1. The molecule has 3 rings (SSSR count). The number of hydrogen-bond donors (Lipinski definition) is 1. The Balaban J connectivity index is 1.75. The van der Waals surface area contributed by atoms with E-state index in [0.717, 1.165) is 11.3 Å². The molecule has 2 aromatic rings. The van der Waals surface area contributed by atoms with E-state index in [1.807, 2.05) is 24.3 Å². The van der Waals surface area contributed by atoms with Crippen molar-refractivity contribution in [1.29, 1.82) is 0 Å². The van der Waals surface area contributed by atoms with Gasteiger partial charge >= 0.3 is 6.09 Å². The van der Waals surface area contributed by atoms with Gasteiger partial charge in [0.25, 0.3) is 0 Å². The van der Waals surface area contributed by atoms with Crippen molar-refractivity contribution in [2.24, 2.45) is 0 Å². The third kappa shape index (κ3) is 6.54. The first kappa shape index (κ1) is 24.7. The van der Waals surface area contributed by atoms with Gasteiger partial charge in [0.1, 0.15) is 17.4 Å². The lowest BCUT2D eigenvalue weighted by atomic mass is 10.0. The van der Waals surface area contributed by atoms with E-state index in [4.69, 9.17) is 16.3 Å². The van der Waals surface area contributed by atoms with Gasteiger partial charge in [-0.3, -0.25) is 9.69 Å². The summed E-state index contributed by atoms with van der Waals surface area (Å²) in [4.78, 5) is 31.7. The van der Waals surface area contributed by atoms with E-state index in [0.29, 0.717) is 37.6 Å². The zero-order valence-electron chi connectivity index (χ0n) is 19.6. The van der Waals surface area contributed by atoms with E-state index in [1.165, 1.54) is 4.90 Å². The Labute approximate surface area is 200 Å². The second-order valence-corrected chi connectivity index (χ2v) is 9.65. The van der Waals surface area contributed by atoms with Crippen LogP contribution in [0.15, 0.2) is 48.5 Å². The number of para-hydroxylation sites is 1. The molecular formula is C25H32ClN3O4. The maximum absolute atomic E-state index is 13.6. The van der Waals surface area contributed by atoms with Gasteiger partial charge in [-0.05, 0) is 50.6 Å². The van der Waals surface area contributed by atoms with Gasteiger partial charge in [0, 0.05) is 39.6 Å². The molecule has 1 N–H and O–H groups in total. The minimum absolute atomic E-state index is 0.129. The van der Waals surface area contributed by atoms with Gasteiger partial charge < -0.3 is 19.6 Å². The number of piperazine rings is 1. The molecule has 1 heterocycles. The summed E-state index contributed by atoms with van der Waals surface area (Å²) >= 11 is 6.34. The molecule has 0 aliphatic carbocycles. The van der Waals surface area contributed by atoms with Crippen LogP contribution < -0.4 is 4.90 Å². The highest BCUT2D eigenvalue weighted by Crippen LogP contribution is 2.26. The van der Waals surface area contributed by atoms with Gasteiger partial charge in [-0.25, -0.2) is 4.79 Å². The number of ether oxygens (including phenoxy) is 1. The summed E-state index contributed by atoms with van der Waals surface area (Å²) in [5, 5.41) is 10.3. The lowest BCUT2D eigenvalue weighted by molar-refractivity contribution is -0.136. The number of likely N-dealkylation sites (N-methyl/N-ethyl adjacent to an activating group) is 1. The van der Waals surface area contributed by atoms with Crippen LogP contribution in [-0.2, 0) is 16.0 Å². The Morgan fingerprint density at radius 1 is 1.06 bits per heavy atom. The molecule has 0 bridgehead atoms. The molecule has 0 radical (unpaired) electrons. The number of amides is 2. The normalized spacial score (nSPS) is 15.2. The van der Waals surface area contributed by atoms with Crippen LogP contribution in [0.4, 0.5) is 10.5 Å². The van der Waals surface area contributed by atoms with Crippen LogP contribution in [0, 0.1) is 0 Å². The number of nitrogens with zero attached hydrogens (tertiary/aromatic N) is 3. The first-order valence-electron chi connectivity index (χ1n) is 11.1. The molecule has 1 aliphatic rings. The lowest BCUT2D eigenvalue weighted by Crippen LogP contribution is -2.56. The number of benzene rings is 2. The summed E-state index contributed by atoms with van der Waals surface area (Å²) in [6, 6.07) is 13.6. The van der Waals surface area contributed by atoms with E-state index >= 15 is 0 Å². The summed E-state index contributed by atoms with van der Waals surface area (Å²) < 4.78 is 5.52. The smallest absolute Gasteiger partial charge is 0.410 e. The molecule has 2 aromatic carbocycles.